The summed E-state index contributed by atoms with van der Waals surface area (Å²) in [5.41, 5.74) is 2.24. The number of aliphatic hydroxyl groups is 1. The van der Waals surface area contributed by atoms with Crippen LogP contribution in [0.25, 0.3) is 0 Å². The maximum atomic E-state index is 9.65. The molecule has 0 aliphatic heterocycles. The lowest BCUT2D eigenvalue weighted by Gasteiger charge is -2.20. The summed E-state index contributed by atoms with van der Waals surface area (Å²) in [6.45, 7) is 6.61. The Balaban J connectivity index is 2.95. The number of rotatable bonds is 3. The molecule has 2 nitrogen and oxygen atoms in total. The predicted octanol–water partition coefficient (Wildman–Crippen LogP) is 2.61. The van der Waals surface area contributed by atoms with E-state index in [9.17, 15) is 5.11 Å². The molecule has 84 valence electrons. The summed E-state index contributed by atoms with van der Waals surface area (Å²) in [5.74, 6) is 0.330. The van der Waals surface area contributed by atoms with Crippen LogP contribution in [0.2, 0.25) is 0 Å². The molecular formula is C13H20O2. The summed E-state index contributed by atoms with van der Waals surface area (Å²) in [6, 6.07) is 5.73. The fourth-order valence-corrected chi connectivity index (χ4v) is 1.52. The molecule has 0 saturated carbocycles. The highest BCUT2D eigenvalue weighted by molar-refractivity contribution is 5.38. The van der Waals surface area contributed by atoms with Gasteiger partial charge in [0, 0.05) is 6.61 Å². The van der Waals surface area contributed by atoms with Crippen LogP contribution < -0.4 is 0 Å². The zero-order chi connectivity index (χ0) is 11.5. The van der Waals surface area contributed by atoms with Gasteiger partial charge in [0.2, 0.25) is 0 Å². The van der Waals surface area contributed by atoms with Crippen molar-refractivity contribution in [1.29, 1.82) is 0 Å². The third-order valence-electron chi connectivity index (χ3n) is 2.55. The molecule has 0 bridgehead atoms. The Kier molecular flexibility index (Phi) is 3.75. The molecule has 0 spiro atoms. The number of phenols is 1. The van der Waals surface area contributed by atoms with Crippen molar-refractivity contribution >= 4 is 0 Å². The van der Waals surface area contributed by atoms with Crippen molar-refractivity contribution in [3.63, 3.8) is 0 Å². The van der Waals surface area contributed by atoms with Crippen LogP contribution in [0.5, 0.6) is 5.75 Å². The zero-order valence-electron chi connectivity index (χ0n) is 9.75. The highest BCUT2D eigenvalue weighted by Crippen LogP contribution is 2.27. The average molecular weight is 208 g/mol. The second kappa shape index (κ2) is 4.67. The minimum Gasteiger partial charge on any atom is -0.508 e. The number of aliphatic hydroxyl groups excluding tert-OH is 1. The van der Waals surface area contributed by atoms with Crippen LogP contribution in [-0.2, 0) is 11.8 Å². The molecule has 1 rings (SSSR count). The van der Waals surface area contributed by atoms with Gasteiger partial charge in [-0.2, -0.15) is 0 Å². The second-order valence-electron chi connectivity index (χ2n) is 4.92. The quantitative estimate of drug-likeness (QED) is 0.801. The van der Waals surface area contributed by atoms with Gasteiger partial charge >= 0.3 is 0 Å². The molecule has 0 saturated heterocycles. The Morgan fingerprint density at radius 3 is 2.40 bits per heavy atom. The number of benzene rings is 1. The van der Waals surface area contributed by atoms with E-state index in [1.165, 1.54) is 5.56 Å². The third kappa shape index (κ3) is 3.24. The molecule has 2 heteroatoms. The van der Waals surface area contributed by atoms with Gasteiger partial charge in [-0.25, -0.2) is 0 Å². The van der Waals surface area contributed by atoms with Crippen molar-refractivity contribution in [2.45, 2.75) is 39.0 Å². The molecule has 0 aliphatic carbocycles. The minimum atomic E-state index is 0.0989. The number of aryl methyl sites for hydroxylation is 1. The Hall–Kier alpha value is -1.02. The first-order valence-corrected chi connectivity index (χ1v) is 5.38. The monoisotopic (exact) mass is 208 g/mol. The van der Waals surface area contributed by atoms with Crippen molar-refractivity contribution in [3.8, 4) is 5.75 Å². The Morgan fingerprint density at radius 2 is 1.87 bits per heavy atom. The maximum Gasteiger partial charge on any atom is 0.118 e. The third-order valence-corrected chi connectivity index (χ3v) is 2.55. The fraction of sp³-hybridized carbons (Fsp3) is 0.538. The van der Waals surface area contributed by atoms with Crippen LogP contribution >= 0.6 is 0 Å². The van der Waals surface area contributed by atoms with Crippen molar-refractivity contribution in [2.24, 2.45) is 0 Å². The fourth-order valence-electron chi connectivity index (χ4n) is 1.52. The molecule has 0 fully saturated rings. The summed E-state index contributed by atoms with van der Waals surface area (Å²) >= 11 is 0. The normalized spacial score (nSPS) is 11.7. The highest BCUT2D eigenvalue weighted by atomic mass is 16.3. The average Bonchev–Trinajstić information content (AvgIpc) is 2.15. The number of aromatic hydroxyl groups is 1. The first-order valence-electron chi connectivity index (χ1n) is 5.38. The summed E-state index contributed by atoms with van der Waals surface area (Å²) in [7, 11) is 0. The number of hydrogen-bond donors (Lipinski definition) is 2. The molecule has 2 N–H and O–H groups in total. The largest absolute Gasteiger partial charge is 0.508 e. The zero-order valence-corrected chi connectivity index (χ0v) is 9.75. The highest BCUT2D eigenvalue weighted by Gasteiger charge is 2.15. The van der Waals surface area contributed by atoms with Gasteiger partial charge in [0.1, 0.15) is 5.75 Å². The molecule has 0 aliphatic rings. The van der Waals surface area contributed by atoms with Gasteiger partial charge in [0.15, 0.2) is 0 Å². The molecule has 1 aromatic carbocycles. The van der Waals surface area contributed by atoms with Gasteiger partial charge in [-0.3, -0.25) is 0 Å². The molecular weight excluding hydrogens is 188 g/mol. The lowest BCUT2D eigenvalue weighted by Crippen LogP contribution is -2.11. The topological polar surface area (TPSA) is 40.5 Å². The second-order valence-corrected chi connectivity index (χ2v) is 4.92. The van der Waals surface area contributed by atoms with E-state index in [0.29, 0.717) is 12.2 Å². The number of hydrogen-bond acceptors (Lipinski definition) is 2. The van der Waals surface area contributed by atoms with Gasteiger partial charge in [-0.15, -0.1) is 0 Å². The summed E-state index contributed by atoms with van der Waals surface area (Å²) in [4.78, 5) is 0. The SMILES string of the molecule is CC(C)(C)c1ccc(O)c(CCCO)c1. The molecule has 0 unspecified atom stereocenters. The van der Waals surface area contributed by atoms with Crippen LogP contribution in [0.1, 0.15) is 38.3 Å². The Bertz CT molecular complexity index is 324. The molecule has 0 atom stereocenters. The van der Waals surface area contributed by atoms with Gasteiger partial charge in [-0.1, -0.05) is 32.9 Å². The van der Waals surface area contributed by atoms with Gasteiger partial charge in [0.05, 0.1) is 0 Å². The Morgan fingerprint density at radius 1 is 1.20 bits per heavy atom. The van der Waals surface area contributed by atoms with E-state index in [4.69, 9.17) is 5.11 Å². The first kappa shape index (κ1) is 12.1. The summed E-state index contributed by atoms with van der Waals surface area (Å²) in [6.07, 6.45) is 1.42. The lowest BCUT2D eigenvalue weighted by atomic mass is 9.85. The molecule has 0 amide bonds. The van der Waals surface area contributed by atoms with E-state index >= 15 is 0 Å². The van der Waals surface area contributed by atoms with Crippen molar-refractivity contribution in [2.75, 3.05) is 6.61 Å². The van der Waals surface area contributed by atoms with Crippen LogP contribution in [0.3, 0.4) is 0 Å². The van der Waals surface area contributed by atoms with Crippen LogP contribution in [0.4, 0.5) is 0 Å². The predicted molar refractivity (Wildman–Crippen MR) is 62.2 cm³/mol. The molecule has 15 heavy (non-hydrogen) atoms. The van der Waals surface area contributed by atoms with Crippen LogP contribution in [0, 0.1) is 0 Å². The van der Waals surface area contributed by atoms with Crippen LogP contribution in [0.15, 0.2) is 18.2 Å². The van der Waals surface area contributed by atoms with E-state index in [1.807, 2.05) is 12.1 Å². The molecule has 0 heterocycles. The van der Waals surface area contributed by atoms with E-state index < -0.39 is 0 Å². The van der Waals surface area contributed by atoms with E-state index in [-0.39, 0.29) is 12.0 Å². The van der Waals surface area contributed by atoms with E-state index in [0.717, 1.165) is 12.0 Å². The van der Waals surface area contributed by atoms with Gasteiger partial charge < -0.3 is 10.2 Å². The van der Waals surface area contributed by atoms with Crippen LogP contribution in [-0.4, -0.2) is 16.8 Å². The van der Waals surface area contributed by atoms with E-state index in [2.05, 4.69) is 20.8 Å². The van der Waals surface area contributed by atoms with Gasteiger partial charge in [0.25, 0.3) is 0 Å². The maximum absolute atomic E-state index is 9.65. The van der Waals surface area contributed by atoms with E-state index in [1.54, 1.807) is 6.07 Å². The number of phenolic OH excluding ortho intramolecular Hbond substituents is 1. The minimum absolute atomic E-state index is 0.0989. The standard InChI is InChI=1S/C13H20O2/c1-13(2,3)11-6-7-12(15)10(9-11)5-4-8-14/h6-7,9,14-15H,4-5,8H2,1-3H3. The van der Waals surface area contributed by atoms with Crippen molar-refractivity contribution in [1.82, 2.24) is 0 Å². The first-order chi connectivity index (χ1) is 6.95. The summed E-state index contributed by atoms with van der Waals surface area (Å²) in [5, 5.41) is 18.4. The van der Waals surface area contributed by atoms with Gasteiger partial charge in [-0.05, 0) is 35.4 Å². The Labute approximate surface area is 91.6 Å². The smallest absolute Gasteiger partial charge is 0.118 e. The summed E-state index contributed by atoms with van der Waals surface area (Å²) < 4.78 is 0. The molecule has 0 aromatic heterocycles. The molecule has 0 radical (unpaired) electrons. The molecule has 1 aromatic rings. The van der Waals surface area contributed by atoms with Crippen molar-refractivity contribution < 1.29 is 10.2 Å². The van der Waals surface area contributed by atoms with Crippen molar-refractivity contribution in [3.05, 3.63) is 29.3 Å². The lowest BCUT2D eigenvalue weighted by molar-refractivity contribution is 0.288.